The van der Waals surface area contributed by atoms with Gasteiger partial charge in [0.05, 0.1) is 0 Å². The number of aliphatic imine (C=N–C) groups is 1. The Balaban J connectivity index is 2.15. The third kappa shape index (κ3) is 3.26. The van der Waals surface area contributed by atoms with Gasteiger partial charge in [-0.2, -0.15) is 0 Å². The van der Waals surface area contributed by atoms with Gasteiger partial charge in [-0.3, -0.25) is 0 Å². The van der Waals surface area contributed by atoms with Gasteiger partial charge in [-0.05, 0) is 0 Å². The summed E-state index contributed by atoms with van der Waals surface area (Å²) in [6.07, 6.45) is 5.06. The SMILES string of the molecule is C[C@@]1(N=C=S)CCCC[C@H]1[Se]c1ccccc1. The van der Waals surface area contributed by atoms with E-state index in [1.807, 2.05) is 0 Å². The van der Waals surface area contributed by atoms with Gasteiger partial charge in [0.2, 0.25) is 0 Å². The van der Waals surface area contributed by atoms with E-state index in [1.54, 1.807) is 0 Å². The molecule has 0 unspecified atom stereocenters. The Morgan fingerprint density at radius 1 is 1.35 bits per heavy atom. The van der Waals surface area contributed by atoms with E-state index in [-0.39, 0.29) is 5.54 Å². The molecule has 0 radical (unpaired) electrons. The molecule has 1 saturated carbocycles. The Labute approximate surface area is 115 Å². The van der Waals surface area contributed by atoms with E-state index in [1.165, 1.54) is 23.7 Å². The second kappa shape index (κ2) is 5.93. The fraction of sp³-hybridized carbons (Fsp3) is 0.500. The van der Waals surface area contributed by atoms with Crippen LogP contribution in [0.25, 0.3) is 0 Å². The second-order valence-corrected chi connectivity index (χ2v) is 7.59. The molecule has 90 valence electrons. The van der Waals surface area contributed by atoms with E-state index in [9.17, 15) is 0 Å². The van der Waals surface area contributed by atoms with Crippen LogP contribution >= 0.6 is 12.2 Å². The third-order valence-corrected chi connectivity index (χ3v) is 6.81. The molecule has 1 aliphatic carbocycles. The summed E-state index contributed by atoms with van der Waals surface area (Å²) < 4.78 is 1.47. The standard InChI is InChI=1S/C14H17NSSe/c1-14(15-11-16)10-6-5-9-13(14)17-12-7-3-2-4-8-12/h2-4,7-8,13H,5-6,9-10H2,1H3/t13-,14-/m1/s1. The molecule has 0 aromatic heterocycles. The number of hydrogen-bond donors (Lipinski definition) is 0. The molecular formula is C14H17NSSe. The van der Waals surface area contributed by atoms with Gasteiger partial charge in [0.25, 0.3) is 0 Å². The van der Waals surface area contributed by atoms with E-state index in [4.69, 9.17) is 12.2 Å². The van der Waals surface area contributed by atoms with Gasteiger partial charge in [-0.25, -0.2) is 0 Å². The van der Waals surface area contributed by atoms with E-state index in [0.29, 0.717) is 19.8 Å². The average molecular weight is 310 g/mol. The zero-order valence-corrected chi connectivity index (χ0v) is 12.6. The molecule has 0 bridgehead atoms. The van der Waals surface area contributed by atoms with Gasteiger partial charge >= 0.3 is 115 Å². The molecule has 17 heavy (non-hydrogen) atoms. The number of nitrogens with zero attached hydrogens (tertiary/aromatic N) is 1. The molecule has 0 amide bonds. The predicted octanol–water partition coefficient (Wildman–Crippen LogP) is 3.24. The molecule has 1 aliphatic rings. The number of hydrogen-bond acceptors (Lipinski definition) is 2. The van der Waals surface area contributed by atoms with Gasteiger partial charge in [-0.1, -0.05) is 0 Å². The molecule has 1 fully saturated rings. The summed E-state index contributed by atoms with van der Waals surface area (Å²) in [5.41, 5.74) is 0.0375. The van der Waals surface area contributed by atoms with Crippen LogP contribution in [-0.4, -0.2) is 25.7 Å². The fourth-order valence-electron chi connectivity index (χ4n) is 2.37. The summed E-state index contributed by atoms with van der Waals surface area (Å²) in [6.45, 7) is 2.25. The van der Waals surface area contributed by atoms with E-state index in [0.717, 1.165) is 6.42 Å². The topological polar surface area (TPSA) is 12.4 Å². The molecule has 2 atom stereocenters. The van der Waals surface area contributed by atoms with Crippen molar-refractivity contribution >= 4 is 36.8 Å². The van der Waals surface area contributed by atoms with Crippen LogP contribution in [-0.2, 0) is 0 Å². The molecule has 0 saturated heterocycles. The van der Waals surface area contributed by atoms with Crippen LogP contribution in [0.5, 0.6) is 0 Å². The van der Waals surface area contributed by atoms with Crippen LogP contribution in [0.2, 0.25) is 4.82 Å². The Bertz CT molecular complexity index is 413. The molecule has 1 aromatic rings. The van der Waals surface area contributed by atoms with Crippen molar-refractivity contribution in [3.05, 3.63) is 30.3 Å². The summed E-state index contributed by atoms with van der Waals surface area (Å²) in [4.78, 5) is 5.14. The van der Waals surface area contributed by atoms with E-state index in [2.05, 4.69) is 47.4 Å². The number of rotatable bonds is 3. The van der Waals surface area contributed by atoms with Crippen molar-refractivity contribution in [3.8, 4) is 0 Å². The minimum atomic E-state index is 0.0375. The number of benzene rings is 1. The quantitative estimate of drug-likeness (QED) is 0.474. The summed E-state index contributed by atoms with van der Waals surface area (Å²) >= 11 is 5.30. The summed E-state index contributed by atoms with van der Waals surface area (Å²) in [7, 11) is 0. The number of isothiocyanates is 1. The van der Waals surface area contributed by atoms with Crippen LogP contribution in [0.4, 0.5) is 0 Å². The third-order valence-electron chi connectivity index (χ3n) is 3.42. The van der Waals surface area contributed by atoms with Gasteiger partial charge in [0.1, 0.15) is 0 Å². The van der Waals surface area contributed by atoms with Crippen molar-refractivity contribution in [1.29, 1.82) is 0 Å². The molecule has 3 heteroatoms. The van der Waals surface area contributed by atoms with Gasteiger partial charge < -0.3 is 0 Å². The molecule has 0 heterocycles. The van der Waals surface area contributed by atoms with Crippen molar-refractivity contribution in [3.63, 3.8) is 0 Å². The maximum atomic E-state index is 4.81. The summed E-state index contributed by atoms with van der Waals surface area (Å²) in [6, 6.07) is 10.8. The summed E-state index contributed by atoms with van der Waals surface area (Å²) in [5.74, 6) is 0. The Hall–Kier alpha value is -0.461. The molecule has 1 nitrogen and oxygen atoms in total. The van der Waals surface area contributed by atoms with E-state index < -0.39 is 0 Å². The molecule has 0 aliphatic heterocycles. The summed E-state index contributed by atoms with van der Waals surface area (Å²) in [5, 5.41) is 2.61. The first kappa shape index (κ1) is 13.0. The fourth-order valence-corrected chi connectivity index (χ4v) is 5.41. The maximum absolute atomic E-state index is 4.81. The second-order valence-electron chi connectivity index (χ2n) is 4.73. The van der Waals surface area contributed by atoms with Crippen LogP contribution in [0.1, 0.15) is 32.6 Å². The molecule has 1 aromatic carbocycles. The zero-order valence-electron chi connectivity index (χ0n) is 10.1. The first-order valence-electron chi connectivity index (χ1n) is 6.05. The molecule has 0 spiro atoms. The van der Waals surface area contributed by atoms with Crippen molar-refractivity contribution in [2.75, 3.05) is 0 Å². The molecular weight excluding hydrogens is 293 g/mol. The molecule has 2 rings (SSSR count). The van der Waals surface area contributed by atoms with Crippen LogP contribution in [0.15, 0.2) is 35.3 Å². The first-order chi connectivity index (χ1) is 8.24. The van der Waals surface area contributed by atoms with Gasteiger partial charge in [0.15, 0.2) is 0 Å². The monoisotopic (exact) mass is 311 g/mol. The van der Waals surface area contributed by atoms with Crippen LogP contribution in [0, 0.1) is 0 Å². The minimum absolute atomic E-state index is 0.0375. The average Bonchev–Trinajstić information content (AvgIpc) is 2.34. The van der Waals surface area contributed by atoms with Gasteiger partial charge in [-0.15, -0.1) is 0 Å². The van der Waals surface area contributed by atoms with Crippen molar-refractivity contribution in [2.45, 2.75) is 43.0 Å². The van der Waals surface area contributed by atoms with Gasteiger partial charge in [0, 0.05) is 0 Å². The van der Waals surface area contributed by atoms with Crippen molar-refractivity contribution in [1.82, 2.24) is 0 Å². The van der Waals surface area contributed by atoms with Crippen molar-refractivity contribution < 1.29 is 0 Å². The zero-order chi connectivity index (χ0) is 12.1. The number of thiocarbonyl (C=S) groups is 1. The Morgan fingerprint density at radius 3 is 2.82 bits per heavy atom. The molecule has 0 N–H and O–H groups in total. The van der Waals surface area contributed by atoms with Crippen LogP contribution < -0.4 is 4.46 Å². The Kier molecular flexibility index (Phi) is 4.53. The first-order valence-corrected chi connectivity index (χ1v) is 8.31. The predicted molar refractivity (Wildman–Crippen MR) is 77.5 cm³/mol. The van der Waals surface area contributed by atoms with Crippen molar-refractivity contribution in [2.24, 2.45) is 4.99 Å². The normalized spacial score (nSPS) is 28.4. The van der Waals surface area contributed by atoms with Crippen LogP contribution in [0.3, 0.4) is 0 Å². The van der Waals surface area contributed by atoms with E-state index >= 15 is 0 Å². The Morgan fingerprint density at radius 2 is 2.12 bits per heavy atom.